The van der Waals surface area contributed by atoms with Crippen LogP contribution in [-0.2, 0) is 4.79 Å². The predicted molar refractivity (Wildman–Crippen MR) is 67.4 cm³/mol. The van der Waals surface area contributed by atoms with E-state index >= 15 is 0 Å². The van der Waals surface area contributed by atoms with E-state index in [4.69, 9.17) is 11.5 Å². The first-order valence-electron chi connectivity index (χ1n) is 5.87. The number of carbonyl (C=O) groups excluding carboxylic acids is 1. The van der Waals surface area contributed by atoms with Gasteiger partial charge in [-0.05, 0) is 20.3 Å². The number of nitrogens with two attached hydrogens (primary N) is 2. The predicted octanol–water partition coefficient (Wildman–Crippen LogP) is 1.16. The summed E-state index contributed by atoms with van der Waals surface area (Å²) in [6.07, 6.45) is 4.18. The Kier molecular flexibility index (Phi) is 3.93. The van der Waals surface area contributed by atoms with E-state index in [1.54, 1.807) is 13.1 Å². The van der Waals surface area contributed by atoms with Crippen LogP contribution in [0.5, 0.6) is 0 Å². The van der Waals surface area contributed by atoms with Crippen molar-refractivity contribution in [2.24, 2.45) is 11.5 Å². The van der Waals surface area contributed by atoms with Gasteiger partial charge in [-0.25, -0.2) is 4.98 Å². The maximum Gasteiger partial charge on any atom is 0.237 e. The van der Waals surface area contributed by atoms with Crippen LogP contribution in [0, 0.1) is 0 Å². The summed E-state index contributed by atoms with van der Waals surface area (Å²) in [6.45, 7) is 7.85. The third kappa shape index (κ3) is 3.06. The minimum atomic E-state index is -0.988. The van der Waals surface area contributed by atoms with E-state index in [1.807, 2.05) is 13.1 Å². The van der Waals surface area contributed by atoms with Crippen LogP contribution in [0.2, 0.25) is 0 Å². The Bertz CT molecular complexity index is 395. The maximum atomic E-state index is 11.2. The molecule has 0 aromatic carbocycles. The van der Waals surface area contributed by atoms with Gasteiger partial charge in [0.2, 0.25) is 5.91 Å². The number of aromatic nitrogens is 2. The van der Waals surface area contributed by atoms with Crippen molar-refractivity contribution in [2.75, 3.05) is 0 Å². The lowest BCUT2D eigenvalue weighted by atomic mass is 9.94. The Morgan fingerprint density at radius 2 is 2.12 bits per heavy atom. The van der Waals surface area contributed by atoms with Crippen LogP contribution in [0.25, 0.3) is 0 Å². The molecule has 1 aromatic heterocycles. The lowest BCUT2D eigenvalue weighted by molar-refractivity contribution is -0.123. The zero-order valence-electron chi connectivity index (χ0n) is 11.0. The third-order valence-corrected chi connectivity index (χ3v) is 2.97. The van der Waals surface area contributed by atoms with Crippen LogP contribution in [-0.4, -0.2) is 21.0 Å². The van der Waals surface area contributed by atoms with Gasteiger partial charge in [0.15, 0.2) is 0 Å². The van der Waals surface area contributed by atoms with Crippen LogP contribution in [0.4, 0.5) is 0 Å². The molecule has 0 aliphatic carbocycles. The van der Waals surface area contributed by atoms with Gasteiger partial charge in [0.05, 0.1) is 5.54 Å². The number of hydrogen-bond donors (Lipinski definition) is 2. The second-order valence-electron chi connectivity index (χ2n) is 5.18. The van der Waals surface area contributed by atoms with Crippen molar-refractivity contribution in [1.29, 1.82) is 0 Å². The highest BCUT2D eigenvalue weighted by molar-refractivity contribution is 5.83. The van der Waals surface area contributed by atoms with Crippen molar-refractivity contribution >= 4 is 5.91 Å². The van der Waals surface area contributed by atoms with Gasteiger partial charge < -0.3 is 16.0 Å². The normalized spacial score (nSPS) is 16.8. The highest BCUT2D eigenvalue weighted by Gasteiger charge is 2.29. The lowest BCUT2D eigenvalue weighted by Gasteiger charge is -2.26. The number of primary amides is 1. The van der Waals surface area contributed by atoms with Gasteiger partial charge in [0.25, 0.3) is 0 Å². The first-order valence-corrected chi connectivity index (χ1v) is 5.87. The second kappa shape index (κ2) is 4.87. The van der Waals surface area contributed by atoms with Crippen molar-refractivity contribution in [1.82, 2.24) is 9.55 Å². The highest BCUT2D eigenvalue weighted by atomic mass is 16.1. The second-order valence-corrected chi connectivity index (χ2v) is 5.18. The molecule has 0 saturated carbocycles. The van der Waals surface area contributed by atoms with Crippen LogP contribution in [0.15, 0.2) is 12.4 Å². The molecule has 0 fully saturated rings. The van der Waals surface area contributed by atoms with Crippen molar-refractivity contribution in [3.05, 3.63) is 18.2 Å². The fourth-order valence-corrected chi connectivity index (χ4v) is 1.96. The molecule has 0 aliphatic rings. The summed E-state index contributed by atoms with van der Waals surface area (Å²) in [5.74, 6) is 0.860. The van der Waals surface area contributed by atoms with E-state index in [2.05, 4.69) is 23.4 Å². The number of imidazole rings is 1. The Labute approximate surface area is 102 Å². The molecule has 0 bridgehead atoms. The molecule has 5 nitrogen and oxygen atoms in total. The SMILES string of the molecule is CC(C)c1nccn1C(C)CC(C)(N)C(N)=O. The summed E-state index contributed by atoms with van der Waals surface area (Å²) in [7, 11) is 0. The van der Waals surface area contributed by atoms with E-state index in [0.717, 1.165) is 5.82 Å². The van der Waals surface area contributed by atoms with Gasteiger partial charge >= 0.3 is 0 Å². The van der Waals surface area contributed by atoms with Crippen molar-refractivity contribution in [2.45, 2.75) is 51.6 Å². The molecule has 5 heteroatoms. The summed E-state index contributed by atoms with van der Waals surface area (Å²) >= 11 is 0. The van der Waals surface area contributed by atoms with Gasteiger partial charge in [-0.2, -0.15) is 0 Å². The zero-order valence-corrected chi connectivity index (χ0v) is 11.0. The fraction of sp³-hybridized carbons (Fsp3) is 0.667. The van der Waals surface area contributed by atoms with Crippen LogP contribution < -0.4 is 11.5 Å². The van der Waals surface area contributed by atoms with Gasteiger partial charge in [-0.3, -0.25) is 4.79 Å². The van der Waals surface area contributed by atoms with E-state index < -0.39 is 11.4 Å². The summed E-state index contributed by atoms with van der Waals surface area (Å²) in [4.78, 5) is 15.5. The van der Waals surface area contributed by atoms with Crippen LogP contribution in [0.1, 0.15) is 51.9 Å². The summed E-state index contributed by atoms with van der Waals surface area (Å²) in [5, 5.41) is 0. The molecule has 1 aromatic rings. The van der Waals surface area contributed by atoms with Crippen molar-refractivity contribution in [3.8, 4) is 0 Å². The summed E-state index contributed by atoms with van der Waals surface area (Å²) in [5.41, 5.74) is 10.2. The molecule has 4 N–H and O–H groups in total. The molecule has 0 saturated heterocycles. The monoisotopic (exact) mass is 238 g/mol. The number of carbonyl (C=O) groups is 1. The summed E-state index contributed by atoms with van der Waals surface area (Å²) in [6, 6.07) is 0.0948. The minimum absolute atomic E-state index is 0.0948. The summed E-state index contributed by atoms with van der Waals surface area (Å²) < 4.78 is 2.05. The van der Waals surface area contributed by atoms with Crippen LogP contribution in [0.3, 0.4) is 0 Å². The first-order chi connectivity index (χ1) is 7.75. The highest BCUT2D eigenvalue weighted by Crippen LogP contribution is 2.23. The van der Waals surface area contributed by atoms with Gasteiger partial charge in [0, 0.05) is 24.4 Å². The van der Waals surface area contributed by atoms with E-state index in [1.165, 1.54) is 0 Å². The Morgan fingerprint density at radius 3 is 2.59 bits per heavy atom. The topological polar surface area (TPSA) is 86.9 Å². The average Bonchev–Trinajstić information content (AvgIpc) is 2.64. The number of amides is 1. The van der Waals surface area contributed by atoms with E-state index in [-0.39, 0.29) is 6.04 Å². The number of hydrogen-bond acceptors (Lipinski definition) is 3. The molecule has 1 amide bonds. The van der Waals surface area contributed by atoms with E-state index in [0.29, 0.717) is 12.3 Å². The molecule has 0 radical (unpaired) electrons. The molecule has 17 heavy (non-hydrogen) atoms. The minimum Gasteiger partial charge on any atom is -0.368 e. The quantitative estimate of drug-likeness (QED) is 0.807. The molecule has 2 atom stereocenters. The molecule has 1 rings (SSSR count). The molecule has 2 unspecified atom stereocenters. The third-order valence-electron chi connectivity index (χ3n) is 2.97. The molecule has 0 spiro atoms. The Morgan fingerprint density at radius 1 is 1.53 bits per heavy atom. The molecule has 96 valence electrons. The van der Waals surface area contributed by atoms with Gasteiger partial charge in [-0.15, -0.1) is 0 Å². The largest absolute Gasteiger partial charge is 0.368 e. The molecular weight excluding hydrogens is 216 g/mol. The molecular formula is C12H22N4O. The molecule has 1 heterocycles. The Balaban J connectivity index is 2.87. The van der Waals surface area contributed by atoms with Crippen molar-refractivity contribution < 1.29 is 4.79 Å². The maximum absolute atomic E-state index is 11.2. The average molecular weight is 238 g/mol. The van der Waals surface area contributed by atoms with Crippen LogP contribution >= 0.6 is 0 Å². The zero-order chi connectivity index (χ0) is 13.2. The lowest BCUT2D eigenvalue weighted by Crippen LogP contribution is -2.50. The standard InChI is InChI=1S/C12H22N4O/c1-8(2)10-15-5-6-16(10)9(3)7-12(4,14)11(13)17/h5-6,8-9H,7,14H2,1-4H3,(H2,13,17). The first kappa shape index (κ1) is 13.7. The number of nitrogens with zero attached hydrogens (tertiary/aromatic N) is 2. The van der Waals surface area contributed by atoms with Gasteiger partial charge in [-0.1, -0.05) is 13.8 Å². The number of rotatable bonds is 5. The van der Waals surface area contributed by atoms with Gasteiger partial charge in [0.1, 0.15) is 5.82 Å². The Hall–Kier alpha value is -1.36. The molecule has 0 aliphatic heterocycles. The fourth-order valence-electron chi connectivity index (χ4n) is 1.96. The smallest absolute Gasteiger partial charge is 0.237 e. The van der Waals surface area contributed by atoms with Crippen molar-refractivity contribution in [3.63, 3.8) is 0 Å². The van der Waals surface area contributed by atoms with E-state index in [9.17, 15) is 4.79 Å².